The highest BCUT2D eigenvalue weighted by atomic mass is 32.2. The lowest BCUT2D eigenvalue weighted by atomic mass is 10.1. The molecule has 0 bridgehead atoms. The Hall–Kier alpha value is -0.860. The fourth-order valence-corrected chi connectivity index (χ4v) is 5.99. The third-order valence-electron chi connectivity index (χ3n) is 6.33. The van der Waals surface area contributed by atoms with Gasteiger partial charge in [0, 0.05) is 9.79 Å². The fraction of sp³-hybridized carbons (Fsp3) is 0.613. The minimum atomic E-state index is 1.25. The number of unbranched alkanes of at least 4 members (excludes halogenated alkanes) is 13. The lowest BCUT2D eigenvalue weighted by Crippen LogP contribution is -1.85. The predicted molar refractivity (Wildman–Crippen MR) is 154 cm³/mol. The molecule has 0 spiro atoms. The van der Waals surface area contributed by atoms with Crippen LogP contribution < -0.4 is 0 Å². The van der Waals surface area contributed by atoms with E-state index in [1.807, 2.05) is 23.5 Å². The van der Waals surface area contributed by atoms with Gasteiger partial charge in [0.2, 0.25) is 0 Å². The molecule has 0 aliphatic rings. The molecule has 0 N–H and O–H groups in total. The van der Waals surface area contributed by atoms with Gasteiger partial charge in [-0.25, -0.2) is 0 Å². The average molecular weight is 485 g/mol. The van der Waals surface area contributed by atoms with Gasteiger partial charge in [-0.1, -0.05) is 122 Å². The number of rotatable bonds is 20. The number of hydrogen-bond acceptors (Lipinski definition) is 2. The van der Waals surface area contributed by atoms with Crippen molar-refractivity contribution in [1.82, 2.24) is 0 Å². The molecule has 0 saturated carbocycles. The Bertz CT molecular complexity index is 690. The highest BCUT2D eigenvalue weighted by Crippen LogP contribution is 2.28. The SMILES string of the molecule is CCCCCCCCCCCSc1ccc(-c2ccc(SCCCCCCCC)cc2)cc1. The molecule has 0 nitrogen and oxygen atoms in total. The van der Waals surface area contributed by atoms with Crippen LogP contribution in [0.1, 0.15) is 110 Å². The first kappa shape index (κ1) is 28.4. The summed E-state index contributed by atoms with van der Waals surface area (Å²) in [5, 5.41) is 0. The van der Waals surface area contributed by atoms with Crippen molar-refractivity contribution >= 4 is 23.5 Å². The van der Waals surface area contributed by atoms with Crippen molar-refractivity contribution in [3.05, 3.63) is 48.5 Å². The molecule has 0 heterocycles. The molecule has 0 unspecified atom stereocenters. The first-order valence-electron chi connectivity index (χ1n) is 13.8. The summed E-state index contributed by atoms with van der Waals surface area (Å²) in [4.78, 5) is 2.81. The van der Waals surface area contributed by atoms with Crippen molar-refractivity contribution in [1.29, 1.82) is 0 Å². The van der Waals surface area contributed by atoms with E-state index in [4.69, 9.17) is 0 Å². The normalized spacial score (nSPS) is 11.2. The van der Waals surface area contributed by atoms with Crippen LogP contribution in [0.3, 0.4) is 0 Å². The molecule has 0 radical (unpaired) electrons. The molecule has 0 aliphatic carbocycles. The van der Waals surface area contributed by atoms with E-state index >= 15 is 0 Å². The largest absolute Gasteiger partial charge is 0.126 e. The van der Waals surface area contributed by atoms with Gasteiger partial charge in [0.1, 0.15) is 0 Å². The van der Waals surface area contributed by atoms with Crippen molar-refractivity contribution in [2.45, 2.75) is 120 Å². The second-order valence-electron chi connectivity index (χ2n) is 9.34. The van der Waals surface area contributed by atoms with Crippen LogP contribution >= 0.6 is 23.5 Å². The van der Waals surface area contributed by atoms with Crippen LogP contribution in [0.5, 0.6) is 0 Å². The molecule has 33 heavy (non-hydrogen) atoms. The molecule has 2 aromatic carbocycles. The minimum absolute atomic E-state index is 1.25. The zero-order valence-electron chi connectivity index (χ0n) is 21.5. The van der Waals surface area contributed by atoms with Gasteiger partial charge in [0.25, 0.3) is 0 Å². The Labute approximate surface area is 214 Å². The topological polar surface area (TPSA) is 0 Å². The molecule has 0 amide bonds. The summed E-state index contributed by atoms with van der Waals surface area (Å²) in [7, 11) is 0. The van der Waals surface area contributed by atoms with Gasteiger partial charge < -0.3 is 0 Å². The van der Waals surface area contributed by atoms with Crippen LogP contribution in [-0.2, 0) is 0 Å². The number of hydrogen-bond donors (Lipinski definition) is 0. The summed E-state index contributed by atoms with van der Waals surface area (Å²) in [5.41, 5.74) is 2.66. The van der Waals surface area contributed by atoms with E-state index in [1.165, 1.54) is 129 Å². The van der Waals surface area contributed by atoms with Gasteiger partial charge in [0.05, 0.1) is 0 Å². The van der Waals surface area contributed by atoms with E-state index in [2.05, 4.69) is 62.4 Å². The molecular formula is C31H48S2. The summed E-state index contributed by atoms with van der Waals surface area (Å²) in [6, 6.07) is 18.3. The predicted octanol–water partition coefficient (Wildman–Crippen LogP) is 11.4. The van der Waals surface area contributed by atoms with E-state index in [0.29, 0.717) is 0 Å². The zero-order chi connectivity index (χ0) is 23.4. The minimum Gasteiger partial charge on any atom is -0.126 e. The van der Waals surface area contributed by atoms with Gasteiger partial charge in [-0.15, -0.1) is 23.5 Å². The number of thioether (sulfide) groups is 2. The molecule has 0 aliphatic heterocycles. The van der Waals surface area contributed by atoms with Gasteiger partial charge in [-0.05, 0) is 59.7 Å². The molecule has 2 rings (SSSR count). The second-order valence-corrected chi connectivity index (χ2v) is 11.7. The Morgan fingerprint density at radius 2 is 0.697 bits per heavy atom. The Balaban J connectivity index is 1.58. The van der Waals surface area contributed by atoms with Crippen molar-refractivity contribution in [3.63, 3.8) is 0 Å². The molecule has 0 atom stereocenters. The molecule has 0 fully saturated rings. The van der Waals surface area contributed by atoms with Gasteiger partial charge in [-0.2, -0.15) is 0 Å². The molecule has 0 aromatic heterocycles. The smallest absolute Gasteiger partial charge is 0.00723 e. The molecule has 2 heteroatoms. The van der Waals surface area contributed by atoms with Crippen molar-refractivity contribution in [3.8, 4) is 11.1 Å². The number of benzene rings is 2. The Morgan fingerprint density at radius 3 is 1.03 bits per heavy atom. The van der Waals surface area contributed by atoms with Crippen molar-refractivity contribution < 1.29 is 0 Å². The molecule has 0 saturated heterocycles. The van der Waals surface area contributed by atoms with Crippen LogP contribution in [0.2, 0.25) is 0 Å². The summed E-state index contributed by atoms with van der Waals surface area (Å²) in [6.07, 6.45) is 20.9. The van der Waals surface area contributed by atoms with E-state index in [0.717, 1.165) is 0 Å². The molecule has 2 aromatic rings. The second kappa shape index (κ2) is 19.4. The Morgan fingerprint density at radius 1 is 0.394 bits per heavy atom. The van der Waals surface area contributed by atoms with Crippen molar-refractivity contribution in [2.24, 2.45) is 0 Å². The third-order valence-corrected chi connectivity index (χ3v) is 8.52. The maximum absolute atomic E-state index is 2.30. The van der Waals surface area contributed by atoms with Crippen LogP contribution in [-0.4, -0.2) is 11.5 Å². The van der Waals surface area contributed by atoms with Crippen LogP contribution in [0.25, 0.3) is 11.1 Å². The standard InChI is InChI=1S/C31H48S2/c1-3-5-7-9-11-12-13-15-17-27-33-31-24-20-29(21-25-31)28-18-22-30(23-19-28)32-26-16-14-10-8-6-4-2/h18-25H,3-17,26-27H2,1-2H3. The summed E-state index contributed by atoms with van der Waals surface area (Å²) in [5.74, 6) is 2.50. The maximum atomic E-state index is 2.30. The molecule has 184 valence electrons. The fourth-order valence-electron chi connectivity index (χ4n) is 4.16. The first-order valence-corrected chi connectivity index (χ1v) is 15.8. The van der Waals surface area contributed by atoms with Crippen LogP contribution in [0.4, 0.5) is 0 Å². The highest BCUT2D eigenvalue weighted by Gasteiger charge is 2.01. The van der Waals surface area contributed by atoms with Crippen LogP contribution in [0.15, 0.2) is 58.3 Å². The summed E-state index contributed by atoms with van der Waals surface area (Å²) in [6.45, 7) is 4.58. The van der Waals surface area contributed by atoms with Gasteiger partial charge >= 0.3 is 0 Å². The lowest BCUT2D eigenvalue weighted by molar-refractivity contribution is 0.573. The van der Waals surface area contributed by atoms with E-state index < -0.39 is 0 Å². The van der Waals surface area contributed by atoms with Crippen molar-refractivity contribution in [2.75, 3.05) is 11.5 Å². The summed E-state index contributed by atoms with van der Waals surface area (Å²) >= 11 is 4.02. The average Bonchev–Trinajstić information content (AvgIpc) is 2.85. The van der Waals surface area contributed by atoms with E-state index in [-0.39, 0.29) is 0 Å². The lowest BCUT2D eigenvalue weighted by Gasteiger charge is -2.07. The highest BCUT2D eigenvalue weighted by molar-refractivity contribution is 7.99. The van der Waals surface area contributed by atoms with Gasteiger partial charge in [0.15, 0.2) is 0 Å². The van der Waals surface area contributed by atoms with E-state index in [9.17, 15) is 0 Å². The van der Waals surface area contributed by atoms with E-state index in [1.54, 1.807) is 0 Å². The molecular weight excluding hydrogens is 436 g/mol. The summed E-state index contributed by atoms with van der Waals surface area (Å²) < 4.78 is 0. The van der Waals surface area contributed by atoms with Crippen LogP contribution in [0, 0.1) is 0 Å². The monoisotopic (exact) mass is 484 g/mol. The van der Waals surface area contributed by atoms with Gasteiger partial charge in [-0.3, -0.25) is 0 Å². The zero-order valence-corrected chi connectivity index (χ0v) is 23.1. The first-order chi connectivity index (χ1) is 16.3. The quantitative estimate of drug-likeness (QED) is 0.135. The third kappa shape index (κ3) is 13.6. The Kier molecular flexibility index (Phi) is 16.7. The maximum Gasteiger partial charge on any atom is 0.00723 e.